The number of aromatic nitrogens is 2. The SMILES string of the molecule is CCNCc1cncc(OCc2cccc(OC)c2)n1. The molecule has 0 saturated heterocycles. The van der Waals surface area contributed by atoms with Crippen LogP contribution < -0.4 is 14.8 Å². The molecule has 0 spiro atoms. The fraction of sp³-hybridized carbons (Fsp3) is 0.333. The van der Waals surface area contributed by atoms with Crippen molar-refractivity contribution in [3.63, 3.8) is 0 Å². The first-order chi connectivity index (χ1) is 9.81. The van der Waals surface area contributed by atoms with Crippen molar-refractivity contribution in [1.29, 1.82) is 0 Å². The highest BCUT2D eigenvalue weighted by molar-refractivity contribution is 5.28. The van der Waals surface area contributed by atoms with Gasteiger partial charge in [-0.3, -0.25) is 4.98 Å². The van der Waals surface area contributed by atoms with Gasteiger partial charge in [-0.2, -0.15) is 0 Å². The predicted molar refractivity (Wildman–Crippen MR) is 76.7 cm³/mol. The second kappa shape index (κ2) is 7.45. The van der Waals surface area contributed by atoms with Crippen molar-refractivity contribution < 1.29 is 9.47 Å². The maximum atomic E-state index is 5.66. The van der Waals surface area contributed by atoms with Crippen LogP contribution in [0.4, 0.5) is 0 Å². The summed E-state index contributed by atoms with van der Waals surface area (Å²) in [6.07, 6.45) is 3.36. The molecule has 0 saturated carbocycles. The summed E-state index contributed by atoms with van der Waals surface area (Å²) in [5, 5.41) is 3.21. The maximum Gasteiger partial charge on any atom is 0.232 e. The highest BCUT2D eigenvalue weighted by Gasteiger charge is 2.01. The van der Waals surface area contributed by atoms with Crippen LogP contribution in [-0.2, 0) is 13.2 Å². The lowest BCUT2D eigenvalue weighted by atomic mass is 10.2. The molecule has 0 aliphatic heterocycles. The van der Waals surface area contributed by atoms with Gasteiger partial charge in [0.2, 0.25) is 5.88 Å². The highest BCUT2D eigenvalue weighted by Crippen LogP contribution is 2.14. The second-order valence-electron chi connectivity index (χ2n) is 4.27. The fourth-order valence-electron chi connectivity index (χ4n) is 1.71. The molecular formula is C15H19N3O2. The van der Waals surface area contributed by atoms with E-state index in [1.54, 1.807) is 19.5 Å². The Bertz CT molecular complexity index is 546. The number of nitrogens with one attached hydrogen (secondary N) is 1. The number of nitrogens with zero attached hydrogens (tertiary/aromatic N) is 2. The van der Waals surface area contributed by atoms with Gasteiger partial charge in [0, 0.05) is 12.7 Å². The molecule has 0 fully saturated rings. The summed E-state index contributed by atoms with van der Waals surface area (Å²) in [6, 6.07) is 7.76. The van der Waals surface area contributed by atoms with Crippen LogP contribution in [0.15, 0.2) is 36.7 Å². The predicted octanol–water partition coefficient (Wildman–Crippen LogP) is 2.17. The Morgan fingerprint density at radius 3 is 2.95 bits per heavy atom. The van der Waals surface area contributed by atoms with Crippen LogP contribution in [-0.4, -0.2) is 23.6 Å². The van der Waals surface area contributed by atoms with E-state index >= 15 is 0 Å². The Morgan fingerprint density at radius 1 is 1.25 bits per heavy atom. The Labute approximate surface area is 119 Å². The van der Waals surface area contributed by atoms with Gasteiger partial charge < -0.3 is 14.8 Å². The van der Waals surface area contributed by atoms with E-state index in [9.17, 15) is 0 Å². The molecule has 0 radical (unpaired) electrons. The third kappa shape index (κ3) is 4.20. The molecule has 0 aliphatic carbocycles. The van der Waals surface area contributed by atoms with Crippen LogP contribution >= 0.6 is 0 Å². The van der Waals surface area contributed by atoms with Crippen molar-refractivity contribution in [3.05, 3.63) is 47.9 Å². The van der Waals surface area contributed by atoms with Gasteiger partial charge in [-0.25, -0.2) is 4.98 Å². The van der Waals surface area contributed by atoms with Crippen LogP contribution in [0.5, 0.6) is 11.6 Å². The minimum Gasteiger partial charge on any atom is -0.497 e. The molecular weight excluding hydrogens is 254 g/mol. The van der Waals surface area contributed by atoms with Crippen LogP contribution in [0.2, 0.25) is 0 Å². The quantitative estimate of drug-likeness (QED) is 0.838. The van der Waals surface area contributed by atoms with Crippen molar-refractivity contribution in [2.75, 3.05) is 13.7 Å². The Morgan fingerprint density at radius 2 is 2.15 bits per heavy atom. The number of rotatable bonds is 7. The highest BCUT2D eigenvalue weighted by atomic mass is 16.5. The third-order valence-corrected chi connectivity index (χ3v) is 2.74. The molecule has 0 amide bonds. The van der Waals surface area contributed by atoms with Gasteiger partial charge in [-0.1, -0.05) is 19.1 Å². The lowest BCUT2D eigenvalue weighted by molar-refractivity contribution is 0.290. The topological polar surface area (TPSA) is 56.3 Å². The molecule has 0 atom stereocenters. The summed E-state index contributed by atoms with van der Waals surface area (Å²) in [6.45, 7) is 4.09. The Hall–Kier alpha value is -2.14. The zero-order valence-corrected chi connectivity index (χ0v) is 11.8. The molecule has 5 nitrogen and oxygen atoms in total. The van der Waals surface area contributed by atoms with Crippen molar-refractivity contribution in [2.24, 2.45) is 0 Å². The molecule has 5 heteroatoms. The second-order valence-corrected chi connectivity index (χ2v) is 4.27. The van der Waals surface area contributed by atoms with E-state index in [0.717, 1.165) is 23.6 Å². The minimum atomic E-state index is 0.441. The molecule has 1 N–H and O–H groups in total. The molecule has 106 valence electrons. The van der Waals surface area contributed by atoms with Gasteiger partial charge in [-0.05, 0) is 24.2 Å². The third-order valence-electron chi connectivity index (χ3n) is 2.74. The lowest BCUT2D eigenvalue weighted by Crippen LogP contribution is -2.13. The van der Waals surface area contributed by atoms with E-state index in [2.05, 4.69) is 22.2 Å². The first-order valence-electron chi connectivity index (χ1n) is 6.59. The van der Waals surface area contributed by atoms with E-state index in [1.807, 2.05) is 24.3 Å². The van der Waals surface area contributed by atoms with Gasteiger partial charge in [-0.15, -0.1) is 0 Å². The van der Waals surface area contributed by atoms with Gasteiger partial charge in [0.05, 0.1) is 19.0 Å². The summed E-state index contributed by atoms with van der Waals surface area (Å²) in [5.41, 5.74) is 1.90. The summed E-state index contributed by atoms with van der Waals surface area (Å²) in [7, 11) is 1.65. The van der Waals surface area contributed by atoms with Crippen molar-refractivity contribution in [3.8, 4) is 11.6 Å². The molecule has 1 aromatic carbocycles. The zero-order chi connectivity index (χ0) is 14.2. The number of benzene rings is 1. The fourth-order valence-corrected chi connectivity index (χ4v) is 1.71. The summed E-state index contributed by atoms with van der Waals surface area (Å²) >= 11 is 0. The summed E-state index contributed by atoms with van der Waals surface area (Å²) in [4.78, 5) is 8.52. The first kappa shape index (κ1) is 14.3. The van der Waals surface area contributed by atoms with E-state index < -0.39 is 0 Å². The molecule has 2 aromatic rings. The van der Waals surface area contributed by atoms with Gasteiger partial charge >= 0.3 is 0 Å². The van der Waals surface area contributed by atoms with E-state index in [0.29, 0.717) is 19.0 Å². The number of hydrogen-bond acceptors (Lipinski definition) is 5. The van der Waals surface area contributed by atoms with Crippen LogP contribution in [0.3, 0.4) is 0 Å². The van der Waals surface area contributed by atoms with Crippen molar-refractivity contribution in [2.45, 2.75) is 20.1 Å². The standard InChI is InChI=1S/C15H19N3O2/c1-3-16-8-13-9-17-10-15(18-13)20-11-12-5-4-6-14(7-12)19-2/h4-7,9-10,16H,3,8,11H2,1-2H3. The minimum absolute atomic E-state index is 0.441. The lowest BCUT2D eigenvalue weighted by Gasteiger charge is -2.08. The monoisotopic (exact) mass is 273 g/mol. The largest absolute Gasteiger partial charge is 0.497 e. The summed E-state index contributed by atoms with van der Waals surface area (Å²) < 4.78 is 10.8. The molecule has 1 heterocycles. The van der Waals surface area contributed by atoms with Gasteiger partial charge in [0.25, 0.3) is 0 Å². The van der Waals surface area contributed by atoms with E-state index in [1.165, 1.54) is 0 Å². The van der Waals surface area contributed by atoms with Crippen LogP contribution in [0.25, 0.3) is 0 Å². The molecule has 20 heavy (non-hydrogen) atoms. The number of methoxy groups -OCH3 is 1. The number of hydrogen-bond donors (Lipinski definition) is 1. The van der Waals surface area contributed by atoms with Gasteiger partial charge in [0.1, 0.15) is 12.4 Å². The number of ether oxygens (including phenoxy) is 2. The van der Waals surface area contributed by atoms with E-state index in [-0.39, 0.29) is 0 Å². The molecule has 2 rings (SSSR count). The van der Waals surface area contributed by atoms with Crippen molar-refractivity contribution >= 4 is 0 Å². The Balaban J connectivity index is 1.95. The average Bonchev–Trinajstić information content (AvgIpc) is 2.51. The smallest absolute Gasteiger partial charge is 0.232 e. The molecule has 1 aromatic heterocycles. The first-order valence-corrected chi connectivity index (χ1v) is 6.59. The molecule has 0 unspecified atom stereocenters. The van der Waals surface area contributed by atoms with Crippen LogP contribution in [0.1, 0.15) is 18.2 Å². The summed E-state index contributed by atoms with van der Waals surface area (Å²) in [5.74, 6) is 1.35. The molecule has 0 aliphatic rings. The van der Waals surface area contributed by atoms with Gasteiger partial charge in [0.15, 0.2) is 0 Å². The normalized spacial score (nSPS) is 10.3. The Kier molecular flexibility index (Phi) is 5.32. The maximum absolute atomic E-state index is 5.66. The zero-order valence-electron chi connectivity index (χ0n) is 11.8. The van der Waals surface area contributed by atoms with E-state index in [4.69, 9.17) is 9.47 Å². The average molecular weight is 273 g/mol. The van der Waals surface area contributed by atoms with Crippen LogP contribution in [0, 0.1) is 0 Å². The molecule has 0 bridgehead atoms. The van der Waals surface area contributed by atoms with Crippen molar-refractivity contribution in [1.82, 2.24) is 15.3 Å².